The topological polar surface area (TPSA) is 37.3 Å². The molecule has 11 heavy (non-hydrogen) atoms. The van der Waals surface area contributed by atoms with Gasteiger partial charge in [-0.2, -0.15) is 0 Å². The van der Waals surface area contributed by atoms with E-state index < -0.39 is 0 Å². The van der Waals surface area contributed by atoms with Crippen LogP contribution in [0.1, 0.15) is 21.5 Å². The lowest BCUT2D eigenvalue weighted by molar-refractivity contribution is 0.112. The van der Waals surface area contributed by atoms with Gasteiger partial charge in [0.1, 0.15) is 6.29 Å². The minimum atomic E-state index is -0.0128. The summed E-state index contributed by atoms with van der Waals surface area (Å²) >= 11 is 0. The first-order valence-electron chi connectivity index (χ1n) is 3.43. The highest BCUT2D eigenvalue weighted by atomic mass is 16.3. The number of aryl methyl sites for hydroxylation is 1. The molecule has 0 unspecified atom stereocenters. The van der Waals surface area contributed by atoms with Gasteiger partial charge in [0.2, 0.25) is 0 Å². The fourth-order valence-electron chi connectivity index (χ4n) is 0.915. The van der Waals surface area contributed by atoms with Crippen molar-refractivity contribution in [2.45, 2.75) is 13.5 Å². The second kappa shape index (κ2) is 3.30. The Morgan fingerprint density at radius 1 is 1.55 bits per heavy atom. The molecule has 0 bridgehead atoms. The van der Waals surface area contributed by atoms with Gasteiger partial charge in [0, 0.05) is 5.56 Å². The third-order valence-corrected chi connectivity index (χ3v) is 1.65. The smallest absolute Gasteiger partial charge is 0.150 e. The number of hydrogen-bond donors (Lipinski definition) is 1. The number of aldehydes is 1. The normalized spacial score (nSPS) is 9.64. The van der Waals surface area contributed by atoms with Gasteiger partial charge in [-0.3, -0.25) is 4.79 Å². The number of aliphatic hydroxyl groups is 1. The van der Waals surface area contributed by atoms with Crippen molar-refractivity contribution in [3.05, 3.63) is 34.9 Å². The highest BCUT2D eigenvalue weighted by Crippen LogP contribution is 2.08. The van der Waals surface area contributed by atoms with Crippen molar-refractivity contribution in [1.82, 2.24) is 0 Å². The molecule has 0 heterocycles. The molecule has 2 heteroatoms. The molecule has 0 spiro atoms. The number of benzene rings is 1. The fourth-order valence-corrected chi connectivity index (χ4v) is 0.915. The van der Waals surface area contributed by atoms with Gasteiger partial charge in [0.25, 0.3) is 0 Å². The predicted octanol–water partition coefficient (Wildman–Crippen LogP) is 1.30. The van der Waals surface area contributed by atoms with Crippen molar-refractivity contribution >= 4 is 6.29 Å². The van der Waals surface area contributed by atoms with Gasteiger partial charge in [0.15, 0.2) is 0 Å². The van der Waals surface area contributed by atoms with Crippen LogP contribution in [0.5, 0.6) is 0 Å². The molecule has 0 atom stereocenters. The molecule has 0 aliphatic heterocycles. The molecule has 1 aromatic rings. The molecule has 0 radical (unpaired) electrons. The van der Waals surface area contributed by atoms with Crippen molar-refractivity contribution in [2.75, 3.05) is 0 Å². The molecule has 0 aliphatic carbocycles. The number of carbonyl (C=O) groups is 1. The zero-order valence-electron chi connectivity index (χ0n) is 6.37. The lowest BCUT2D eigenvalue weighted by atomic mass is 10.1. The predicted molar refractivity (Wildman–Crippen MR) is 42.5 cm³/mol. The third kappa shape index (κ3) is 1.65. The molecular formula is C9H10O2. The number of carbonyl (C=O) groups excluding carboxylic acids is 1. The zero-order chi connectivity index (χ0) is 8.27. The summed E-state index contributed by atoms with van der Waals surface area (Å²) in [6.45, 7) is 1.85. The maximum Gasteiger partial charge on any atom is 0.150 e. The van der Waals surface area contributed by atoms with Gasteiger partial charge >= 0.3 is 0 Å². The molecule has 2 nitrogen and oxygen atoms in total. The summed E-state index contributed by atoms with van der Waals surface area (Å²) < 4.78 is 0. The van der Waals surface area contributed by atoms with Crippen LogP contribution in [0.4, 0.5) is 0 Å². The molecule has 1 N–H and O–H groups in total. The van der Waals surface area contributed by atoms with E-state index in [1.807, 2.05) is 19.1 Å². The second-order valence-electron chi connectivity index (χ2n) is 2.47. The van der Waals surface area contributed by atoms with E-state index in [1.165, 1.54) is 0 Å². The summed E-state index contributed by atoms with van der Waals surface area (Å²) in [6, 6.07) is 5.33. The summed E-state index contributed by atoms with van der Waals surface area (Å²) in [5.41, 5.74) is 2.37. The second-order valence-corrected chi connectivity index (χ2v) is 2.47. The molecule has 0 aromatic heterocycles. The molecule has 0 saturated heterocycles. The van der Waals surface area contributed by atoms with E-state index in [0.29, 0.717) is 5.56 Å². The van der Waals surface area contributed by atoms with Crippen LogP contribution in [0, 0.1) is 6.92 Å². The molecule has 0 amide bonds. The van der Waals surface area contributed by atoms with Crippen molar-refractivity contribution in [3.63, 3.8) is 0 Å². The Bertz CT molecular complexity index is 266. The maximum absolute atomic E-state index is 10.4. The number of hydrogen-bond acceptors (Lipinski definition) is 2. The van der Waals surface area contributed by atoms with E-state index in [1.54, 1.807) is 6.07 Å². The Morgan fingerprint density at radius 2 is 2.27 bits per heavy atom. The molecule has 1 rings (SSSR count). The van der Waals surface area contributed by atoms with Crippen LogP contribution >= 0.6 is 0 Å². The summed E-state index contributed by atoms with van der Waals surface area (Å²) in [4.78, 5) is 10.4. The van der Waals surface area contributed by atoms with E-state index in [2.05, 4.69) is 0 Å². The van der Waals surface area contributed by atoms with Crippen molar-refractivity contribution in [2.24, 2.45) is 0 Å². The Morgan fingerprint density at radius 3 is 2.82 bits per heavy atom. The number of rotatable bonds is 2. The van der Waals surface area contributed by atoms with Crippen LogP contribution in [0.25, 0.3) is 0 Å². The largest absolute Gasteiger partial charge is 0.392 e. The average Bonchev–Trinajstić information content (AvgIpc) is 2.05. The highest BCUT2D eigenvalue weighted by Gasteiger charge is 1.96. The first-order valence-corrected chi connectivity index (χ1v) is 3.43. The SMILES string of the molecule is Cc1ccc(CO)cc1C=O. The van der Waals surface area contributed by atoms with Gasteiger partial charge in [-0.25, -0.2) is 0 Å². The molecule has 0 fully saturated rings. The minimum Gasteiger partial charge on any atom is -0.392 e. The average molecular weight is 150 g/mol. The molecule has 0 saturated carbocycles. The van der Waals surface area contributed by atoms with Crippen LogP contribution in [0.3, 0.4) is 0 Å². The van der Waals surface area contributed by atoms with E-state index >= 15 is 0 Å². The van der Waals surface area contributed by atoms with E-state index in [9.17, 15) is 4.79 Å². The standard InChI is InChI=1S/C9H10O2/c1-7-2-3-8(5-10)4-9(7)6-11/h2-4,6,10H,5H2,1H3. The molecular weight excluding hydrogens is 140 g/mol. The van der Waals surface area contributed by atoms with Gasteiger partial charge in [-0.05, 0) is 24.1 Å². The van der Waals surface area contributed by atoms with Crippen LogP contribution in [0.15, 0.2) is 18.2 Å². The van der Waals surface area contributed by atoms with Gasteiger partial charge in [-0.1, -0.05) is 12.1 Å². The van der Waals surface area contributed by atoms with Gasteiger partial charge < -0.3 is 5.11 Å². The summed E-state index contributed by atoms with van der Waals surface area (Å²) in [5, 5.41) is 8.73. The highest BCUT2D eigenvalue weighted by molar-refractivity contribution is 5.77. The molecule has 1 aromatic carbocycles. The first kappa shape index (κ1) is 7.95. The van der Waals surface area contributed by atoms with Crippen molar-refractivity contribution in [1.29, 1.82) is 0 Å². The molecule has 58 valence electrons. The summed E-state index contributed by atoms with van der Waals surface area (Å²) in [6.07, 6.45) is 0.800. The van der Waals surface area contributed by atoms with Gasteiger partial charge in [0.05, 0.1) is 6.61 Å². The fraction of sp³-hybridized carbons (Fsp3) is 0.222. The zero-order valence-corrected chi connectivity index (χ0v) is 6.37. The maximum atomic E-state index is 10.4. The van der Waals surface area contributed by atoms with Crippen molar-refractivity contribution in [3.8, 4) is 0 Å². The van der Waals surface area contributed by atoms with E-state index in [0.717, 1.165) is 17.4 Å². The van der Waals surface area contributed by atoms with Crippen LogP contribution in [0.2, 0.25) is 0 Å². The summed E-state index contributed by atoms with van der Waals surface area (Å²) in [7, 11) is 0. The summed E-state index contributed by atoms with van der Waals surface area (Å²) in [5.74, 6) is 0. The lowest BCUT2D eigenvalue weighted by Gasteiger charge is -1.99. The monoisotopic (exact) mass is 150 g/mol. The number of aliphatic hydroxyl groups excluding tert-OH is 1. The Hall–Kier alpha value is -1.15. The third-order valence-electron chi connectivity index (χ3n) is 1.65. The van der Waals surface area contributed by atoms with Crippen LogP contribution in [-0.2, 0) is 6.61 Å². The minimum absolute atomic E-state index is 0.0128. The Balaban J connectivity index is 3.12. The lowest BCUT2D eigenvalue weighted by Crippen LogP contribution is -1.89. The quantitative estimate of drug-likeness (QED) is 0.645. The van der Waals surface area contributed by atoms with Crippen LogP contribution < -0.4 is 0 Å². The molecule has 0 aliphatic rings. The Kier molecular flexibility index (Phi) is 2.39. The van der Waals surface area contributed by atoms with E-state index in [4.69, 9.17) is 5.11 Å². The first-order chi connectivity index (χ1) is 5.27. The van der Waals surface area contributed by atoms with E-state index in [-0.39, 0.29) is 6.61 Å². The van der Waals surface area contributed by atoms with Crippen molar-refractivity contribution < 1.29 is 9.90 Å². The van der Waals surface area contributed by atoms with Crippen LogP contribution in [-0.4, -0.2) is 11.4 Å². The Labute approximate surface area is 65.5 Å². The van der Waals surface area contributed by atoms with Gasteiger partial charge in [-0.15, -0.1) is 0 Å².